The second-order valence-corrected chi connectivity index (χ2v) is 5.81. The molecule has 1 heterocycles. The van der Waals surface area contributed by atoms with Gasteiger partial charge in [0.05, 0.1) is 5.54 Å². The number of carboxylic acids is 1. The number of hydrogen-bond acceptors (Lipinski definition) is 3. The van der Waals surface area contributed by atoms with Crippen LogP contribution in [-0.4, -0.2) is 17.0 Å². The Morgan fingerprint density at radius 1 is 1.21 bits per heavy atom. The van der Waals surface area contributed by atoms with Crippen LogP contribution in [0.5, 0.6) is 0 Å². The SMILES string of the molecule is CCc1oc(C(=O)NC(C)(C)c2ccc(F)c(F)c2)cc1C(=O)O. The van der Waals surface area contributed by atoms with Gasteiger partial charge in [-0.05, 0) is 31.5 Å². The zero-order valence-electron chi connectivity index (χ0n) is 13.4. The highest BCUT2D eigenvalue weighted by atomic mass is 19.2. The second kappa shape index (κ2) is 6.43. The molecule has 1 aromatic heterocycles. The van der Waals surface area contributed by atoms with Crippen LogP contribution in [0, 0.1) is 11.6 Å². The summed E-state index contributed by atoms with van der Waals surface area (Å²) in [6.45, 7) is 4.93. The molecule has 0 unspecified atom stereocenters. The minimum Gasteiger partial charge on any atom is -0.478 e. The molecule has 7 heteroatoms. The molecule has 0 aliphatic rings. The zero-order valence-corrected chi connectivity index (χ0v) is 13.4. The van der Waals surface area contributed by atoms with Gasteiger partial charge in [-0.15, -0.1) is 0 Å². The van der Waals surface area contributed by atoms with E-state index in [1.54, 1.807) is 20.8 Å². The van der Waals surface area contributed by atoms with Gasteiger partial charge in [0.15, 0.2) is 17.4 Å². The van der Waals surface area contributed by atoms with Crippen LogP contribution in [0.25, 0.3) is 0 Å². The standard InChI is InChI=1S/C17H17F2NO4/c1-4-13-10(16(22)23)8-14(24-13)15(21)20-17(2,3)9-5-6-11(18)12(19)7-9/h5-8H,4H2,1-3H3,(H,20,21)(H,22,23). The number of carbonyl (C=O) groups excluding carboxylic acids is 1. The van der Waals surface area contributed by atoms with E-state index >= 15 is 0 Å². The molecule has 5 nitrogen and oxygen atoms in total. The molecule has 0 saturated carbocycles. The number of furan rings is 1. The van der Waals surface area contributed by atoms with Gasteiger partial charge >= 0.3 is 5.97 Å². The van der Waals surface area contributed by atoms with E-state index in [1.807, 2.05) is 0 Å². The van der Waals surface area contributed by atoms with Crippen molar-refractivity contribution in [1.29, 1.82) is 0 Å². The van der Waals surface area contributed by atoms with Gasteiger partial charge in [0.2, 0.25) is 0 Å². The van der Waals surface area contributed by atoms with E-state index in [0.717, 1.165) is 18.2 Å². The Bertz CT molecular complexity index is 796. The average Bonchev–Trinajstić information content (AvgIpc) is 2.94. The highest BCUT2D eigenvalue weighted by molar-refractivity contribution is 5.96. The van der Waals surface area contributed by atoms with Gasteiger partial charge in [-0.2, -0.15) is 0 Å². The van der Waals surface area contributed by atoms with Gasteiger partial charge in [0.1, 0.15) is 11.3 Å². The van der Waals surface area contributed by atoms with E-state index in [-0.39, 0.29) is 17.1 Å². The van der Waals surface area contributed by atoms with Gasteiger partial charge in [-0.25, -0.2) is 13.6 Å². The van der Waals surface area contributed by atoms with Crippen LogP contribution in [0.1, 0.15) is 53.0 Å². The molecule has 0 saturated heterocycles. The van der Waals surface area contributed by atoms with Crippen LogP contribution >= 0.6 is 0 Å². The normalized spacial score (nSPS) is 11.4. The van der Waals surface area contributed by atoms with Crippen molar-refractivity contribution in [3.63, 3.8) is 0 Å². The van der Waals surface area contributed by atoms with E-state index in [9.17, 15) is 18.4 Å². The number of nitrogens with one attached hydrogen (secondary N) is 1. The van der Waals surface area contributed by atoms with Crippen molar-refractivity contribution in [2.75, 3.05) is 0 Å². The third-order valence-corrected chi connectivity index (χ3v) is 3.65. The Kier molecular flexibility index (Phi) is 4.73. The van der Waals surface area contributed by atoms with E-state index in [4.69, 9.17) is 9.52 Å². The van der Waals surface area contributed by atoms with E-state index in [0.29, 0.717) is 12.0 Å². The van der Waals surface area contributed by atoms with Gasteiger partial charge in [0, 0.05) is 12.5 Å². The van der Waals surface area contributed by atoms with Crippen molar-refractivity contribution in [2.24, 2.45) is 0 Å². The molecule has 2 rings (SSSR count). The van der Waals surface area contributed by atoms with E-state index in [2.05, 4.69) is 5.32 Å². The fourth-order valence-electron chi connectivity index (χ4n) is 2.29. The number of carboxylic acid groups (broad SMARTS) is 1. The van der Waals surface area contributed by atoms with Gasteiger partial charge < -0.3 is 14.8 Å². The molecule has 1 aromatic carbocycles. The van der Waals surface area contributed by atoms with Crippen LogP contribution < -0.4 is 5.32 Å². The van der Waals surface area contributed by atoms with Crippen LogP contribution in [0.15, 0.2) is 28.7 Å². The molecule has 128 valence electrons. The van der Waals surface area contributed by atoms with Crippen LogP contribution in [0.2, 0.25) is 0 Å². The fraction of sp³-hybridized carbons (Fsp3) is 0.294. The molecule has 0 spiro atoms. The van der Waals surface area contributed by atoms with Gasteiger partial charge in [-0.1, -0.05) is 13.0 Å². The summed E-state index contributed by atoms with van der Waals surface area (Å²) < 4.78 is 31.7. The smallest absolute Gasteiger partial charge is 0.339 e. The molecule has 0 fully saturated rings. The monoisotopic (exact) mass is 337 g/mol. The largest absolute Gasteiger partial charge is 0.478 e. The van der Waals surface area contributed by atoms with Crippen molar-refractivity contribution in [3.8, 4) is 0 Å². The van der Waals surface area contributed by atoms with Crippen molar-refractivity contribution >= 4 is 11.9 Å². The summed E-state index contributed by atoms with van der Waals surface area (Å²) in [6, 6.07) is 4.49. The van der Waals surface area contributed by atoms with Crippen LogP contribution in [0.4, 0.5) is 8.78 Å². The molecule has 0 aliphatic carbocycles. The molecule has 0 aliphatic heterocycles. The second-order valence-electron chi connectivity index (χ2n) is 5.81. The maximum atomic E-state index is 13.4. The third kappa shape index (κ3) is 3.45. The van der Waals surface area contributed by atoms with Crippen molar-refractivity contribution in [2.45, 2.75) is 32.7 Å². The maximum Gasteiger partial charge on any atom is 0.339 e. The van der Waals surface area contributed by atoms with Crippen molar-refractivity contribution in [1.82, 2.24) is 5.32 Å². The Labute approximate surface area is 137 Å². The first kappa shape index (κ1) is 17.7. The molecule has 0 radical (unpaired) electrons. The third-order valence-electron chi connectivity index (χ3n) is 3.65. The summed E-state index contributed by atoms with van der Waals surface area (Å²) >= 11 is 0. The number of rotatable bonds is 5. The number of carbonyl (C=O) groups is 2. The van der Waals surface area contributed by atoms with Crippen molar-refractivity contribution in [3.05, 3.63) is 58.5 Å². The number of aromatic carboxylic acids is 1. The molecule has 24 heavy (non-hydrogen) atoms. The highest BCUT2D eigenvalue weighted by Gasteiger charge is 2.27. The lowest BCUT2D eigenvalue weighted by atomic mass is 9.94. The molecule has 0 bridgehead atoms. The molecule has 2 N–H and O–H groups in total. The van der Waals surface area contributed by atoms with Gasteiger partial charge in [-0.3, -0.25) is 4.79 Å². The summed E-state index contributed by atoms with van der Waals surface area (Å²) in [5.74, 6) is -3.79. The lowest BCUT2D eigenvalue weighted by Crippen LogP contribution is -2.41. The predicted octanol–water partition coefficient (Wildman–Crippen LogP) is 3.48. The summed E-state index contributed by atoms with van der Waals surface area (Å²) in [5, 5.41) is 11.7. The topological polar surface area (TPSA) is 79.5 Å². The Morgan fingerprint density at radius 3 is 2.38 bits per heavy atom. The average molecular weight is 337 g/mol. The van der Waals surface area contributed by atoms with Gasteiger partial charge in [0.25, 0.3) is 5.91 Å². The maximum absolute atomic E-state index is 13.4. The molecule has 2 aromatic rings. The van der Waals surface area contributed by atoms with Crippen LogP contribution in [-0.2, 0) is 12.0 Å². The minimum atomic E-state index is -1.19. The summed E-state index contributed by atoms with van der Waals surface area (Å²) in [5.41, 5.74) is -0.738. The Hall–Kier alpha value is -2.70. The number of amides is 1. The Morgan fingerprint density at radius 2 is 1.88 bits per heavy atom. The first-order valence-electron chi connectivity index (χ1n) is 7.29. The molecular weight excluding hydrogens is 320 g/mol. The number of benzene rings is 1. The summed E-state index contributed by atoms with van der Waals surface area (Å²) in [6.07, 6.45) is 0.321. The predicted molar refractivity (Wildman–Crippen MR) is 81.9 cm³/mol. The lowest BCUT2D eigenvalue weighted by Gasteiger charge is -2.26. The van der Waals surface area contributed by atoms with Crippen molar-refractivity contribution < 1.29 is 27.9 Å². The van der Waals surface area contributed by atoms with E-state index < -0.39 is 29.0 Å². The summed E-state index contributed by atoms with van der Waals surface area (Å²) in [4.78, 5) is 23.4. The number of halogens is 2. The first-order valence-corrected chi connectivity index (χ1v) is 7.29. The lowest BCUT2D eigenvalue weighted by molar-refractivity contribution is 0.0694. The Balaban J connectivity index is 2.27. The summed E-state index contributed by atoms with van der Waals surface area (Å²) in [7, 11) is 0. The zero-order chi connectivity index (χ0) is 18.1. The first-order chi connectivity index (χ1) is 11.2. The fourth-order valence-corrected chi connectivity index (χ4v) is 2.29. The van der Waals surface area contributed by atoms with E-state index in [1.165, 1.54) is 6.07 Å². The minimum absolute atomic E-state index is 0.0757. The molecule has 0 atom stereocenters. The molecule has 1 amide bonds. The number of hydrogen-bond donors (Lipinski definition) is 2. The quantitative estimate of drug-likeness (QED) is 0.875. The highest BCUT2D eigenvalue weighted by Crippen LogP contribution is 2.24. The number of aryl methyl sites for hydroxylation is 1. The molecular formula is C17H17F2NO4. The van der Waals surface area contributed by atoms with Crippen LogP contribution in [0.3, 0.4) is 0 Å².